The minimum absolute atomic E-state index is 0.0981. The van der Waals surface area contributed by atoms with Crippen LogP contribution < -0.4 is 0 Å². The summed E-state index contributed by atoms with van der Waals surface area (Å²) in [5.41, 5.74) is 2.31. The highest BCUT2D eigenvalue weighted by Gasteiger charge is 2.30. The highest BCUT2D eigenvalue weighted by Crippen LogP contribution is 2.30. The molecule has 0 aliphatic carbocycles. The number of aromatic nitrogens is 1. The normalized spacial score (nSPS) is 17.0. The summed E-state index contributed by atoms with van der Waals surface area (Å²) in [4.78, 5) is 14.7. The van der Waals surface area contributed by atoms with E-state index in [0.29, 0.717) is 35.9 Å². The molecule has 3 aromatic rings. The monoisotopic (exact) mass is 336 g/mol. The first-order chi connectivity index (χ1) is 12.2. The Bertz CT molecular complexity index is 874. The molecule has 1 amide bonds. The van der Waals surface area contributed by atoms with E-state index in [0.717, 1.165) is 6.42 Å². The van der Waals surface area contributed by atoms with Crippen LogP contribution in [0.15, 0.2) is 65.3 Å². The molecule has 1 saturated heterocycles. The number of hydrogen-bond acceptors (Lipinski definition) is 3. The van der Waals surface area contributed by atoms with Gasteiger partial charge < -0.3 is 9.42 Å². The summed E-state index contributed by atoms with van der Waals surface area (Å²) >= 11 is 0. The topological polar surface area (TPSA) is 46.3 Å². The lowest BCUT2D eigenvalue weighted by Crippen LogP contribution is -2.28. The van der Waals surface area contributed by atoms with E-state index in [1.54, 1.807) is 12.1 Å². The van der Waals surface area contributed by atoms with Crippen LogP contribution in [0.4, 0.5) is 4.39 Å². The van der Waals surface area contributed by atoms with Gasteiger partial charge in [-0.2, -0.15) is 0 Å². The van der Waals surface area contributed by atoms with Crippen molar-refractivity contribution in [1.82, 2.24) is 10.1 Å². The molecule has 1 aliphatic heterocycles. The number of carbonyl (C=O) groups is 1. The molecule has 2 aromatic carbocycles. The standard InChI is InChI=1S/C20H17FN2O2/c21-17-8-6-15(7-9-17)19-18(12-22-25-19)20(24)23-11-10-16(13-23)14-4-2-1-3-5-14/h1-9,12,16H,10-11,13H2/t16-/m0/s1. The number of likely N-dealkylation sites (tertiary alicyclic amines) is 1. The second kappa shape index (κ2) is 6.51. The van der Waals surface area contributed by atoms with E-state index in [2.05, 4.69) is 17.3 Å². The molecular weight excluding hydrogens is 319 g/mol. The molecule has 4 rings (SSSR count). The van der Waals surface area contributed by atoms with Crippen LogP contribution in [0.5, 0.6) is 0 Å². The van der Waals surface area contributed by atoms with E-state index < -0.39 is 0 Å². The van der Waals surface area contributed by atoms with Gasteiger partial charge >= 0.3 is 0 Å². The molecule has 5 heteroatoms. The molecule has 0 bridgehead atoms. The molecule has 25 heavy (non-hydrogen) atoms. The molecule has 1 fully saturated rings. The lowest BCUT2D eigenvalue weighted by atomic mass is 9.99. The molecule has 2 heterocycles. The van der Waals surface area contributed by atoms with Gasteiger partial charge in [0, 0.05) is 24.6 Å². The summed E-state index contributed by atoms with van der Waals surface area (Å²) in [6, 6.07) is 16.1. The molecule has 1 aromatic heterocycles. The second-order valence-electron chi connectivity index (χ2n) is 6.22. The highest BCUT2D eigenvalue weighted by molar-refractivity contribution is 5.99. The largest absolute Gasteiger partial charge is 0.355 e. The van der Waals surface area contributed by atoms with E-state index in [1.807, 2.05) is 23.1 Å². The third-order valence-corrected chi connectivity index (χ3v) is 4.65. The van der Waals surface area contributed by atoms with Crippen LogP contribution in [0.2, 0.25) is 0 Å². The van der Waals surface area contributed by atoms with Crippen LogP contribution >= 0.6 is 0 Å². The molecule has 0 radical (unpaired) electrons. The summed E-state index contributed by atoms with van der Waals surface area (Å²) in [5.74, 6) is 0.299. The maximum atomic E-state index is 13.1. The smallest absolute Gasteiger partial charge is 0.259 e. The van der Waals surface area contributed by atoms with Gasteiger partial charge in [-0.1, -0.05) is 35.5 Å². The van der Waals surface area contributed by atoms with Crippen molar-refractivity contribution < 1.29 is 13.7 Å². The minimum Gasteiger partial charge on any atom is -0.355 e. The molecule has 0 N–H and O–H groups in total. The van der Waals surface area contributed by atoms with Gasteiger partial charge in [-0.15, -0.1) is 0 Å². The van der Waals surface area contributed by atoms with Crippen LogP contribution in [-0.2, 0) is 0 Å². The number of rotatable bonds is 3. The third-order valence-electron chi connectivity index (χ3n) is 4.65. The predicted octanol–water partition coefficient (Wildman–Crippen LogP) is 4.11. The maximum absolute atomic E-state index is 13.1. The van der Waals surface area contributed by atoms with Crippen molar-refractivity contribution in [3.05, 3.63) is 77.7 Å². The molecule has 4 nitrogen and oxygen atoms in total. The first-order valence-corrected chi connectivity index (χ1v) is 8.27. The third kappa shape index (κ3) is 3.05. The summed E-state index contributed by atoms with van der Waals surface area (Å²) in [6.07, 6.45) is 2.38. The van der Waals surface area contributed by atoms with Gasteiger partial charge in [-0.25, -0.2) is 4.39 Å². The average Bonchev–Trinajstić information content (AvgIpc) is 3.32. The van der Waals surface area contributed by atoms with Gasteiger partial charge in [0.2, 0.25) is 0 Å². The van der Waals surface area contributed by atoms with Crippen LogP contribution in [0, 0.1) is 5.82 Å². The van der Waals surface area contributed by atoms with E-state index in [4.69, 9.17) is 4.52 Å². The lowest BCUT2D eigenvalue weighted by molar-refractivity contribution is 0.0791. The van der Waals surface area contributed by atoms with E-state index in [-0.39, 0.29) is 11.7 Å². The Balaban J connectivity index is 1.55. The number of halogens is 1. The van der Waals surface area contributed by atoms with Gasteiger partial charge in [-0.05, 0) is 36.2 Å². The zero-order valence-electron chi connectivity index (χ0n) is 13.6. The first-order valence-electron chi connectivity index (χ1n) is 8.27. The number of nitrogens with zero attached hydrogens (tertiary/aromatic N) is 2. The van der Waals surface area contributed by atoms with Gasteiger partial charge in [0.1, 0.15) is 11.4 Å². The lowest BCUT2D eigenvalue weighted by Gasteiger charge is -2.16. The van der Waals surface area contributed by atoms with Crippen molar-refractivity contribution in [2.24, 2.45) is 0 Å². The van der Waals surface area contributed by atoms with E-state index in [9.17, 15) is 9.18 Å². The number of benzene rings is 2. The fourth-order valence-electron chi connectivity index (χ4n) is 3.31. The summed E-state index contributed by atoms with van der Waals surface area (Å²) in [7, 11) is 0. The molecule has 1 aliphatic rings. The zero-order chi connectivity index (χ0) is 17.2. The predicted molar refractivity (Wildman–Crippen MR) is 91.6 cm³/mol. The SMILES string of the molecule is O=C(c1cnoc1-c1ccc(F)cc1)N1CC[C@H](c2ccccc2)C1. The van der Waals surface area contributed by atoms with Crippen molar-refractivity contribution in [1.29, 1.82) is 0 Å². The molecule has 0 unspecified atom stereocenters. The van der Waals surface area contributed by atoms with E-state index >= 15 is 0 Å². The Kier molecular flexibility index (Phi) is 4.06. The van der Waals surface area contributed by atoms with Crippen molar-refractivity contribution in [2.45, 2.75) is 12.3 Å². The van der Waals surface area contributed by atoms with Gasteiger partial charge in [0.25, 0.3) is 5.91 Å². The Labute approximate surface area is 144 Å². The minimum atomic E-state index is -0.332. The van der Waals surface area contributed by atoms with Crippen molar-refractivity contribution in [2.75, 3.05) is 13.1 Å². The van der Waals surface area contributed by atoms with Crippen LogP contribution in [0.25, 0.3) is 11.3 Å². The van der Waals surface area contributed by atoms with Crippen LogP contribution in [-0.4, -0.2) is 29.1 Å². The molecular formula is C20H17FN2O2. The van der Waals surface area contributed by atoms with Crippen LogP contribution in [0.1, 0.15) is 28.3 Å². The summed E-state index contributed by atoms with van der Waals surface area (Å²) in [5, 5.41) is 3.77. The van der Waals surface area contributed by atoms with Crippen LogP contribution in [0.3, 0.4) is 0 Å². The number of carbonyl (C=O) groups excluding carboxylic acids is 1. The number of hydrogen-bond donors (Lipinski definition) is 0. The Morgan fingerprint density at radius 1 is 1.12 bits per heavy atom. The fourth-order valence-corrected chi connectivity index (χ4v) is 3.31. The Hall–Kier alpha value is -2.95. The van der Waals surface area contributed by atoms with E-state index in [1.165, 1.54) is 23.9 Å². The zero-order valence-corrected chi connectivity index (χ0v) is 13.6. The van der Waals surface area contributed by atoms with Crippen molar-refractivity contribution in [3.8, 4) is 11.3 Å². The molecule has 0 saturated carbocycles. The van der Waals surface area contributed by atoms with Crippen molar-refractivity contribution in [3.63, 3.8) is 0 Å². The summed E-state index contributed by atoms with van der Waals surface area (Å²) in [6.45, 7) is 1.38. The van der Waals surface area contributed by atoms with Crippen molar-refractivity contribution >= 4 is 5.91 Å². The van der Waals surface area contributed by atoms with Gasteiger partial charge in [0.15, 0.2) is 5.76 Å². The highest BCUT2D eigenvalue weighted by atomic mass is 19.1. The second-order valence-corrected chi connectivity index (χ2v) is 6.22. The average molecular weight is 336 g/mol. The maximum Gasteiger partial charge on any atom is 0.259 e. The number of amides is 1. The summed E-state index contributed by atoms with van der Waals surface area (Å²) < 4.78 is 18.4. The Morgan fingerprint density at radius 3 is 2.64 bits per heavy atom. The molecule has 126 valence electrons. The Morgan fingerprint density at radius 2 is 1.88 bits per heavy atom. The molecule has 0 spiro atoms. The van der Waals surface area contributed by atoms with Gasteiger partial charge in [0.05, 0.1) is 6.20 Å². The van der Waals surface area contributed by atoms with Gasteiger partial charge in [-0.3, -0.25) is 4.79 Å². The first kappa shape index (κ1) is 15.6. The molecule has 1 atom stereocenters. The quantitative estimate of drug-likeness (QED) is 0.723. The fraction of sp³-hybridized carbons (Fsp3) is 0.200.